The highest BCUT2D eigenvalue weighted by Gasteiger charge is 1.95. The summed E-state index contributed by atoms with van der Waals surface area (Å²) in [5, 5.41) is 0. The molecule has 0 saturated heterocycles. The van der Waals surface area contributed by atoms with Crippen molar-refractivity contribution < 1.29 is 9.47 Å². The van der Waals surface area contributed by atoms with Gasteiger partial charge in [0.2, 0.25) is 0 Å². The van der Waals surface area contributed by atoms with Crippen LogP contribution in [0.5, 0.6) is 0 Å². The Balaban J connectivity index is 0. The molecule has 0 aromatic rings. The van der Waals surface area contributed by atoms with Crippen LogP contribution in [0.1, 0.15) is 68.2 Å². The Labute approximate surface area is 115 Å². The highest BCUT2D eigenvalue weighted by atomic mass is 16.5. The predicted octanol–water partition coefficient (Wildman–Crippen LogP) is 4.92. The normalized spacial score (nSPS) is 11.3. The van der Waals surface area contributed by atoms with Crippen LogP contribution in [-0.2, 0) is 9.47 Å². The molecule has 0 saturated carbocycles. The fraction of sp³-hybridized carbons (Fsp3) is 1.00. The molecular formula is C16H36O2. The molecule has 2 nitrogen and oxygen atoms in total. The molecule has 0 spiro atoms. The molecular weight excluding hydrogens is 224 g/mol. The minimum Gasteiger partial charge on any atom is -0.379 e. The average Bonchev–Trinajstić information content (AvgIpc) is 2.15. The van der Waals surface area contributed by atoms with Gasteiger partial charge in [-0.2, -0.15) is 0 Å². The smallest absolute Gasteiger partial charge is 0.0518 e. The highest BCUT2D eigenvalue weighted by Crippen LogP contribution is 2.00. The van der Waals surface area contributed by atoms with Gasteiger partial charge in [-0.05, 0) is 52.4 Å². The Morgan fingerprint density at radius 2 is 0.833 bits per heavy atom. The van der Waals surface area contributed by atoms with Gasteiger partial charge in [0.15, 0.2) is 0 Å². The zero-order chi connectivity index (χ0) is 14.6. The van der Waals surface area contributed by atoms with Gasteiger partial charge in [-0.1, -0.05) is 27.7 Å². The summed E-state index contributed by atoms with van der Waals surface area (Å²) in [6.07, 6.45) is 3.14. The van der Waals surface area contributed by atoms with Crippen molar-refractivity contribution in [2.24, 2.45) is 11.8 Å². The van der Waals surface area contributed by atoms with Crippen molar-refractivity contribution in [3.8, 4) is 0 Å². The van der Waals surface area contributed by atoms with Crippen LogP contribution in [0, 0.1) is 11.8 Å². The van der Waals surface area contributed by atoms with Gasteiger partial charge < -0.3 is 9.47 Å². The van der Waals surface area contributed by atoms with E-state index >= 15 is 0 Å². The van der Waals surface area contributed by atoms with E-state index in [0.29, 0.717) is 12.2 Å². The van der Waals surface area contributed by atoms with Crippen LogP contribution in [0.4, 0.5) is 0 Å². The predicted molar refractivity (Wildman–Crippen MR) is 81.1 cm³/mol. The topological polar surface area (TPSA) is 18.5 Å². The standard InChI is InChI=1S/2C8H18O/c2*1-7(2)5-6-9-8(3)4/h2*7-8H,5-6H2,1-4H3. The van der Waals surface area contributed by atoms with E-state index in [1.165, 1.54) is 12.8 Å². The van der Waals surface area contributed by atoms with Crippen LogP contribution >= 0.6 is 0 Å². The molecule has 0 aromatic heterocycles. The zero-order valence-electron chi connectivity index (χ0n) is 14.0. The van der Waals surface area contributed by atoms with Crippen LogP contribution < -0.4 is 0 Å². The van der Waals surface area contributed by atoms with Crippen molar-refractivity contribution in [3.63, 3.8) is 0 Å². The zero-order valence-corrected chi connectivity index (χ0v) is 14.0. The molecule has 0 aliphatic carbocycles. The first kappa shape index (κ1) is 20.2. The van der Waals surface area contributed by atoms with Crippen molar-refractivity contribution in [1.29, 1.82) is 0 Å². The van der Waals surface area contributed by atoms with Crippen molar-refractivity contribution >= 4 is 0 Å². The van der Waals surface area contributed by atoms with Crippen LogP contribution in [0.2, 0.25) is 0 Å². The van der Waals surface area contributed by atoms with E-state index in [1.54, 1.807) is 0 Å². The van der Waals surface area contributed by atoms with Gasteiger partial charge in [0.1, 0.15) is 0 Å². The lowest BCUT2D eigenvalue weighted by Gasteiger charge is -2.08. The van der Waals surface area contributed by atoms with Crippen LogP contribution in [0.25, 0.3) is 0 Å². The Kier molecular flexibility index (Phi) is 15.0. The molecule has 0 atom stereocenters. The quantitative estimate of drug-likeness (QED) is 0.617. The van der Waals surface area contributed by atoms with Crippen LogP contribution in [0.15, 0.2) is 0 Å². The summed E-state index contributed by atoms with van der Waals surface area (Å²) in [5.74, 6) is 1.53. The third kappa shape index (κ3) is 24.9. The fourth-order valence-electron chi connectivity index (χ4n) is 1.08. The Morgan fingerprint density at radius 3 is 1.00 bits per heavy atom. The van der Waals surface area contributed by atoms with E-state index in [-0.39, 0.29) is 0 Å². The summed E-state index contributed by atoms with van der Waals surface area (Å²) < 4.78 is 10.7. The maximum atomic E-state index is 5.35. The molecule has 0 heterocycles. The van der Waals surface area contributed by atoms with E-state index in [2.05, 4.69) is 55.4 Å². The van der Waals surface area contributed by atoms with Crippen molar-refractivity contribution in [2.75, 3.05) is 13.2 Å². The third-order valence-corrected chi connectivity index (χ3v) is 2.29. The van der Waals surface area contributed by atoms with Gasteiger partial charge in [-0.15, -0.1) is 0 Å². The van der Waals surface area contributed by atoms with Crippen molar-refractivity contribution in [2.45, 2.75) is 80.4 Å². The lowest BCUT2D eigenvalue weighted by Crippen LogP contribution is -2.05. The second kappa shape index (κ2) is 13.4. The van der Waals surface area contributed by atoms with Gasteiger partial charge in [0.05, 0.1) is 12.2 Å². The maximum Gasteiger partial charge on any atom is 0.0518 e. The minimum absolute atomic E-state index is 0.392. The SMILES string of the molecule is CC(C)CCOC(C)C.CC(C)CCOC(C)C. The Hall–Kier alpha value is -0.0800. The summed E-state index contributed by atoms with van der Waals surface area (Å²) in [6.45, 7) is 19.0. The van der Waals surface area contributed by atoms with E-state index < -0.39 is 0 Å². The molecule has 18 heavy (non-hydrogen) atoms. The first-order valence-corrected chi connectivity index (χ1v) is 7.48. The van der Waals surface area contributed by atoms with Gasteiger partial charge in [0.25, 0.3) is 0 Å². The Morgan fingerprint density at radius 1 is 0.556 bits per heavy atom. The van der Waals surface area contributed by atoms with Crippen LogP contribution in [-0.4, -0.2) is 25.4 Å². The molecule has 0 aliphatic heterocycles. The van der Waals surface area contributed by atoms with E-state index in [4.69, 9.17) is 9.47 Å². The first-order valence-electron chi connectivity index (χ1n) is 7.48. The molecule has 0 radical (unpaired) electrons. The molecule has 0 aromatic carbocycles. The second-order valence-corrected chi connectivity index (χ2v) is 6.20. The molecule has 0 fully saturated rings. The molecule has 0 bridgehead atoms. The van der Waals surface area contributed by atoms with E-state index in [1.807, 2.05) is 0 Å². The first-order chi connectivity index (χ1) is 8.25. The molecule has 0 aliphatic rings. The summed E-state index contributed by atoms with van der Waals surface area (Å²) in [4.78, 5) is 0. The van der Waals surface area contributed by atoms with Crippen molar-refractivity contribution in [1.82, 2.24) is 0 Å². The summed E-state index contributed by atoms with van der Waals surface area (Å²) in [5.41, 5.74) is 0. The molecule has 0 rings (SSSR count). The third-order valence-electron chi connectivity index (χ3n) is 2.29. The molecule has 0 amide bonds. The lowest BCUT2D eigenvalue weighted by atomic mass is 10.1. The van der Waals surface area contributed by atoms with E-state index in [9.17, 15) is 0 Å². The summed E-state index contributed by atoms with van der Waals surface area (Å²) in [6, 6.07) is 0. The monoisotopic (exact) mass is 260 g/mol. The Bertz CT molecular complexity index is 117. The van der Waals surface area contributed by atoms with Gasteiger partial charge >= 0.3 is 0 Å². The largest absolute Gasteiger partial charge is 0.379 e. The molecule has 112 valence electrons. The molecule has 0 N–H and O–H groups in total. The van der Waals surface area contributed by atoms with Gasteiger partial charge in [0, 0.05) is 13.2 Å². The average molecular weight is 260 g/mol. The van der Waals surface area contributed by atoms with Gasteiger partial charge in [-0.25, -0.2) is 0 Å². The van der Waals surface area contributed by atoms with Gasteiger partial charge in [-0.3, -0.25) is 0 Å². The lowest BCUT2D eigenvalue weighted by molar-refractivity contribution is 0.0707. The van der Waals surface area contributed by atoms with Crippen LogP contribution in [0.3, 0.4) is 0 Å². The van der Waals surface area contributed by atoms with Crippen molar-refractivity contribution in [3.05, 3.63) is 0 Å². The number of rotatable bonds is 8. The summed E-state index contributed by atoms with van der Waals surface area (Å²) in [7, 11) is 0. The van der Waals surface area contributed by atoms with E-state index in [0.717, 1.165) is 25.0 Å². The highest BCUT2D eigenvalue weighted by molar-refractivity contribution is 4.44. The fourth-order valence-corrected chi connectivity index (χ4v) is 1.08. The maximum absolute atomic E-state index is 5.35. The summed E-state index contributed by atoms with van der Waals surface area (Å²) >= 11 is 0. The molecule has 2 heteroatoms. The number of hydrogen-bond donors (Lipinski definition) is 0. The minimum atomic E-state index is 0.392. The molecule has 0 unspecified atom stereocenters. The number of hydrogen-bond acceptors (Lipinski definition) is 2. The number of ether oxygens (including phenoxy) is 2. The second-order valence-electron chi connectivity index (χ2n) is 6.20.